The number of carbonyl (C=O) groups excluding carboxylic acids is 1. The minimum Gasteiger partial charge on any atom is -0.340 e. The summed E-state index contributed by atoms with van der Waals surface area (Å²) >= 11 is 0. The van der Waals surface area contributed by atoms with E-state index in [0.717, 1.165) is 45.3 Å². The van der Waals surface area contributed by atoms with E-state index in [0.29, 0.717) is 0 Å². The van der Waals surface area contributed by atoms with Gasteiger partial charge in [-0.15, -0.1) is 0 Å². The second-order valence-corrected chi connectivity index (χ2v) is 3.85. The first-order valence-electron chi connectivity index (χ1n) is 5.97. The van der Waals surface area contributed by atoms with Crippen LogP contribution in [-0.2, 0) is 4.79 Å². The van der Waals surface area contributed by atoms with Crippen molar-refractivity contribution < 1.29 is 4.79 Å². The van der Waals surface area contributed by atoms with Gasteiger partial charge in [0.2, 0.25) is 5.91 Å². The number of nitrogens with zero attached hydrogens (tertiary/aromatic N) is 2. The molecule has 2 aliphatic rings. The molecular formula is C11H23N3O. The highest BCUT2D eigenvalue weighted by molar-refractivity contribution is 5.73. The summed E-state index contributed by atoms with van der Waals surface area (Å²) in [6.45, 7) is 11.8. The molecule has 2 saturated heterocycles. The maximum Gasteiger partial charge on any atom is 0.219 e. The van der Waals surface area contributed by atoms with E-state index in [-0.39, 0.29) is 5.91 Å². The van der Waals surface area contributed by atoms with Gasteiger partial charge in [0.15, 0.2) is 0 Å². The molecule has 0 unspecified atom stereocenters. The van der Waals surface area contributed by atoms with Gasteiger partial charge in [0.05, 0.1) is 0 Å². The zero-order valence-electron chi connectivity index (χ0n) is 10.1. The van der Waals surface area contributed by atoms with Crippen LogP contribution >= 0.6 is 0 Å². The SMILES string of the molecule is CC.CC(=O)N1CCN(C2CNC2)CC1. The Hall–Kier alpha value is -0.610. The fourth-order valence-corrected chi connectivity index (χ4v) is 1.93. The van der Waals surface area contributed by atoms with Crippen LogP contribution in [0.2, 0.25) is 0 Å². The first kappa shape index (κ1) is 12.5. The largest absolute Gasteiger partial charge is 0.340 e. The summed E-state index contributed by atoms with van der Waals surface area (Å²) in [4.78, 5) is 15.5. The molecule has 15 heavy (non-hydrogen) atoms. The molecule has 2 fully saturated rings. The lowest BCUT2D eigenvalue weighted by Gasteiger charge is -2.43. The Labute approximate surface area is 92.6 Å². The van der Waals surface area contributed by atoms with E-state index in [1.807, 2.05) is 18.7 Å². The minimum absolute atomic E-state index is 0.214. The van der Waals surface area contributed by atoms with Crippen LogP contribution < -0.4 is 5.32 Å². The number of hydrogen-bond acceptors (Lipinski definition) is 3. The monoisotopic (exact) mass is 213 g/mol. The molecule has 0 bridgehead atoms. The molecule has 0 spiro atoms. The van der Waals surface area contributed by atoms with Crippen molar-refractivity contribution in [3.8, 4) is 0 Å². The third kappa shape index (κ3) is 3.18. The minimum atomic E-state index is 0.214. The van der Waals surface area contributed by atoms with E-state index >= 15 is 0 Å². The summed E-state index contributed by atoms with van der Waals surface area (Å²) in [6, 6.07) is 0.731. The highest BCUT2D eigenvalue weighted by atomic mass is 16.2. The number of hydrogen-bond donors (Lipinski definition) is 1. The summed E-state index contributed by atoms with van der Waals surface area (Å²) in [5, 5.41) is 3.27. The molecular weight excluding hydrogens is 190 g/mol. The molecule has 1 N–H and O–H groups in total. The van der Waals surface area contributed by atoms with Crippen LogP contribution in [0.15, 0.2) is 0 Å². The van der Waals surface area contributed by atoms with Gasteiger partial charge in [-0.25, -0.2) is 0 Å². The van der Waals surface area contributed by atoms with Crippen molar-refractivity contribution in [1.82, 2.24) is 15.1 Å². The zero-order valence-corrected chi connectivity index (χ0v) is 10.1. The van der Waals surface area contributed by atoms with Crippen LogP contribution in [0.25, 0.3) is 0 Å². The molecule has 1 amide bonds. The maximum absolute atomic E-state index is 11.1. The van der Waals surface area contributed by atoms with Crippen molar-refractivity contribution in [2.45, 2.75) is 26.8 Å². The summed E-state index contributed by atoms with van der Waals surface area (Å²) in [7, 11) is 0. The van der Waals surface area contributed by atoms with Gasteiger partial charge < -0.3 is 10.2 Å². The summed E-state index contributed by atoms with van der Waals surface area (Å²) in [5.41, 5.74) is 0. The molecule has 2 rings (SSSR count). The second kappa shape index (κ2) is 6.08. The van der Waals surface area contributed by atoms with Crippen molar-refractivity contribution in [2.75, 3.05) is 39.3 Å². The van der Waals surface area contributed by atoms with Crippen molar-refractivity contribution in [1.29, 1.82) is 0 Å². The fourth-order valence-electron chi connectivity index (χ4n) is 1.93. The Balaban J connectivity index is 0.000000531. The van der Waals surface area contributed by atoms with Crippen LogP contribution in [-0.4, -0.2) is 61.0 Å². The molecule has 0 aromatic rings. The third-order valence-electron chi connectivity index (χ3n) is 3.04. The predicted molar refractivity (Wildman–Crippen MR) is 61.8 cm³/mol. The Bertz CT molecular complexity index is 196. The van der Waals surface area contributed by atoms with Gasteiger partial charge in [-0.3, -0.25) is 9.69 Å². The highest BCUT2D eigenvalue weighted by Crippen LogP contribution is 2.09. The molecule has 0 radical (unpaired) electrons. The molecule has 0 aromatic heterocycles. The molecule has 4 heteroatoms. The molecule has 2 aliphatic heterocycles. The summed E-state index contributed by atoms with van der Waals surface area (Å²) in [6.07, 6.45) is 0. The van der Waals surface area contributed by atoms with Gasteiger partial charge in [0, 0.05) is 52.2 Å². The van der Waals surface area contributed by atoms with E-state index in [1.54, 1.807) is 6.92 Å². The Morgan fingerprint density at radius 3 is 2.00 bits per heavy atom. The Morgan fingerprint density at radius 2 is 1.67 bits per heavy atom. The van der Waals surface area contributed by atoms with Crippen molar-refractivity contribution in [2.24, 2.45) is 0 Å². The average Bonchev–Trinajstić information content (AvgIpc) is 2.19. The van der Waals surface area contributed by atoms with E-state index in [4.69, 9.17) is 0 Å². The smallest absolute Gasteiger partial charge is 0.219 e. The van der Waals surface area contributed by atoms with Crippen molar-refractivity contribution in [3.05, 3.63) is 0 Å². The molecule has 2 heterocycles. The second-order valence-electron chi connectivity index (χ2n) is 3.85. The third-order valence-corrected chi connectivity index (χ3v) is 3.04. The normalized spacial score (nSPS) is 22.7. The van der Waals surface area contributed by atoms with Crippen molar-refractivity contribution >= 4 is 5.91 Å². The van der Waals surface area contributed by atoms with E-state index in [1.165, 1.54) is 0 Å². The highest BCUT2D eigenvalue weighted by Gasteiger charge is 2.27. The van der Waals surface area contributed by atoms with Crippen LogP contribution in [0.4, 0.5) is 0 Å². The van der Waals surface area contributed by atoms with Gasteiger partial charge >= 0.3 is 0 Å². The van der Waals surface area contributed by atoms with Crippen LogP contribution in [0.1, 0.15) is 20.8 Å². The number of carbonyl (C=O) groups is 1. The topological polar surface area (TPSA) is 35.6 Å². The van der Waals surface area contributed by atoms with Gasteiger partial charge in [-0.05, 0) is 0 Å². The van der Waals surface area contributed by atoms with Crippen LogP contribution in [0.3, 0.4) is 0 Å². The zero-order chi connectivity index (χ0) is 11.3. The van der Waals surface area contributed by atoms with Crippen LogP contribution in [0.5, 0.6) is 0 Å². The number of piperazine rings is 1. The fraction of sp³-hybridized carbons (Fsp3) is 0.909. The lowest BCUT2D eigenvalue weighted by atomic mass is 10.1. The van der Waals surface area contributed by atoms with E-state index in [9.17, 15) is 4.79 Å². The number of nitrogens with one attached hydrogen (secondary N) is 1. The number of rotatable bonds is 1. The quantitative estimate of drug-likeness (QED) is 0.673. The molecule has 0 saturated carbocycles. The average molecular weight is 213 g/mol. The van der Waals surface area contributed by atoms with Crippen LogP contribution in [0, 0.1) is 0 Å². The van der Waals surface area contributed by atoms with E-state index < -0.39 is 0 Å². The first-order valence-corrected chi connectivity index (χ1v) is 5.97. The standard InChI is InChI=1S/C9H17N3O.C2H6/c1-8(13)11-2-4-12(5-3-11)9-6-10-7-9;1-2/h9-10H,2-7H2,1H3;1-2H3. The maximum atomic E-state index is 11.1. The lowest BCUT2D eigenvalue weighted by molar-refractivity contribution is -0.131. The Morgan fingerprint density at radius 1 is 1.13 bits per heavy atom. The summed E-state index contributed by atoms with van der Waals surface area (Å²) < 4.78 is 0. The molecule has 0 aliphatic carbocycles. The molecule has 0 atom stereocenters. The van der Waals surface area contributed by atoms with E-state index in [2.05, 4.69) is 10.2 Å². The molecule has 88 valence electrons. The molecule has 4 nitrogen and oxygen atoms in total. The van der Waals surface area contributed by atoms with Crippen molar-refractivity contribution in [3.63, 3.8) is 0 Å². The van der Waals surface area contributed by atoms with Gasteiger partial charge in [-0.2, -0.15) is 0 Å². The van der Waals surface area contributed by atoms with Gasteiger partial charge in [0.1, 0.15) is 0 Å². The number of amides is 1. The van der Waals surface area contributed by atoms with Gasteiger partial charge in [0.25, 0.3) is 0 Å². The predicted octanol–water partition coefficient (Wildman–Crippen LogP) is 0.149. The Kier molecular flexibility index (Phi) is 5.05. The summed E-state index contributed by atoms with van der Waals surface area (Å²) in [5.74, 6) is 0.214. The lowest BCUT2D eigenvalue weighted by Crippen LogP contribution is -2.61. The first-order chi connectivity index (χ1) is 7.27. The molecule has 0 aromatic carbocycles. The van der Waals surface area contributed by atoms with Gasteiger partial charge in [-0.1, -0.05) is 13.8 Å².